The van der Waals surface area contributed by atoms with Crippen molar-refractivity contribution in [2.75, 3.05) is 0 Å². The van der Waals surface area contributed by atoms with Crippen LogP contribution in [0.25, 0.3) is 11.0 Å². The Bertz CT molecular complexity index is 1010. The van der Waals surface area contributed by atoms with Gasteiger partial charge in [0.25, 0.3) is 21.6 Å². The molecule has 3 rings (SSSR count). The van der Waals surface area contributed by atoms with Gasteiger partial charge in [-0.05, 0) is 37.0 Å². The molecule has 0 radical (unpaired) electrons. The summed E-state index contributed by atoms with van der Waals surface area (Å²) in [5.41, 5.74) is -2.63. The monoisotopic (exact) mass is 340 g/mol. The van der Waals surface area contributed by atoms with Crippen molar-refractivity contribution >= 4 is 44.7 Å². The Morgan fingerprint density at radius 1 is 0.818 bits per heavy atom. The summed E-state index contributed by atoms with van der Waals surface area (Å²) >= 11 is 10.8. The molecule has 0 aromatic carbocycles. The first-order valence-corrected chi connectivity index (χ1v) is 6.69. The van der Waals surface area contributed by atoms with Gasteiger partial charge in [0.05, 0.1) is 0 Å². The summed E-state index contributed by atoms with van der Waals surface area (Å²) in [4.78, 5) is 55.7. The second-order valence-corrected chi connectivity index (χ2v) is 5.23. The lowest BCUT2D eigenvalue weighted by molar-refractivity contribution is 0.107. The van der Waals surface area contributed by atoms with E-state index in [0.29, 0.717) is 0 Å². The Labute approximate surface area is 131 Å². The predicted molar refractivity (Wildman–Crippen MR) is 77.5 cm³/mol. The van der Waals surface area contributed by atoms with Gasteiger partial charge in [0.15, 0.2) is 11.4 Å². The van der Waals surface area contributed by atoms with Crippen molar-refractivity contribution in [3.63, 3.8) is 0 Å². The number of aryl methyl sites for hydroxylation is 2. The molecule has 0 fully saturated rings. The van der Waals surface area contributed by atoms with Gasteiger partial charge in [-0.15, -0.1) is 0 Å². The van der Waals surface area contributed by atoms with Crippen molar-refractivity contribution in [3.8, 4) is 0 Å². The Morgan fingerprint density at radius 3 is 1.41 bits per heavy atom. The van der Waals surface area contributed by atoms with Crippen LogP contribution in [0, 0.1) is 13.8 Å². The second kappa shape index (κ2) is 4.59. The van der Waals surface area contributed by atoms with E-state index in [0.717, 1.165) is 8.80 Å². The van der Waals surface area contributed by atoms with E-state index in [2.05, 4.69) is 9.97 Å². The number of hydrogen-bond donors (Lipinski definition) is 0. The minimum atomic E-state index is -0.965. The summed E-state index contributed by atoms with van der Waals surface area (Å²) in [5, 5.41) is -1.93. The quantitative estimate of drug-likeness (QED) is 0.630. The first-order chi connectivity index (χ1) is 10.3. The highest BCUT2D eigenvalue weighted by molar-refractivity contribution is 6.68. The second-order valence-electron chi connectivity index (χ2n) is 4.54. The maximum atomic E-state index is 12.6. The smallest absolute Gasteiger partial charge is 0.274 e. The average molecular weight is 341 g/mol. The lowest BCUT2D eigenvalue weighted by Crippen LogP contribution is -2.28. The maximum Gasteiger partial charge on any atom is 0.283 e. The first-order valence-electron chi connectivity index (χ1n) is 5.93. The topological polar surface area (TPSA) is 103 Å². The normalized spacial score (nSPS) is 11.5. The third-order valence-corrected chi connectivity index (χ3v) is 3.63. The molecule has 22 heavy (non-hydrogen) atoms. The van der Waals surface area contributed by atoms with Crippen molar-refractivity contribution < 1.29 is 9.59 Å². The molecular weight excluding hydrogens is 335 g/mol. The molecule has 0 bridgehead atoms. The molecule has 112 valence electrons. The summed E-state index contributed by atoms with van der Waals surface area (Å²) in [6.07, 6.45) is 0. The van der Waals surface area contributed by atoms with E-state index >= 15 is 0 Å². The molecular formula is C12H6Cl2N4O4. The summed E-state index contributed by atoms with van der Waals surface area (Å²) in [6, 6.07) is 0. The van der Waals surface area contributed by atoms with E-state index in [1.165, 1.54) is 13.8 Å². The van der Waals surface area contributed by atoms with Gasteiger partial charge in [-0.3, -0.25) is 28.0 Å². The lowest BCUT2D eigenvalue weighted by Gasteiger charge is -1.99. The molecule has 0 saturated carbocycles. The van der Waals surface area contributed by atoms with Crippen LogP contribution in [0.1, 0.15) is 32.6 Å². The molecule has 3 heterocycles. The molecule has 0 unspecified atom stereocenters. The number of rotatable bonds is 2. The molecule has 3 aromatic heterocycles. The van der Waals surface area contributed by atoms with E-state index in [4.69, 9.17) is 23.2 Å². The number of hydrogen-bond acceptors (Lipinski definition) is 6. The summed E-state index contributed by atoms with van der Waals surface area (Å²) in [7, 11) is 0. The number of imidazole rings is 2. The summed E-state index contributed by atoms with van der Waals surface area (Å²) < 4.78 is 1.86. The minimum Gasteiger partial charge on any atom is -0.274 e. The molecule has 0 amide bonds. The highest BCUT2D eigenvalue weighted by Gasteiger charge is 2.26. The van der Waals surface area contributed by atoms with Crippen LogP contribution < -0.4 is 11.1 Å². The first kappa shape index (κ1) is 14.6. The van der Waals surface area contributed by atoms with Crippen LogP contribution in [0.2, 0.25) is 0 Å². The van der Waals surface area contributed by atoms with Crippen LogP contribution in [0.15, 0.2) is 9.59 Å². The maximum absolute atomic E-state index is 12.6. The zero-order valence-electron chi connectivity index (χ0n) is 11.2. The van der Waals surface area contributed by atoms with Crippen molar-refractivity contribution in [2.24, 2.45) is 0 Å². The van der Waals surface area contributed by atoms with Crippen LogP contribution in [-0.4, -0.2) is 29.3 Å². The molecule has 8 nitrogen and oxygen atoms in total. The Balaban J connectivity index is 2.75. The van der Waals surface area contributed by atoms with Crippen LogP contribution in [-0.2, 0) is 0 Å². The summed E-state index contributed by atoms with van der Waals surface area (Å²) in [6.45, 7) is 2.86. The van der Waals surface area contributed by atoms with Gasteiger partial charge in [0.2, 0.25) is 0 Å². The van der Waals surface area contributed by atoms with Gasteiger partial charge in [-0.2, -0.15) is 0 Å². The number of carbonyl (C=O) groups excluding carboxylic acids is 2. The highest BCUT2D eigenvalue weighted by atomic mass is 35.5. The van der Waals surface area contributed by atoms with Crippen molar-refractivity contribution in [2.45, 2.75) is 13.8 Å². The fraction of sp³-hybridized carbons (Fsp3) is 0.167. The largest absolute Gasteiger partial charge is 0.283 e. The van der Waals surface area contributed by atoms with Crippen LogP contribution in [0.5, 0.6) is 0 Å². The van der Waals surface area contributed by atoms with Crippen LogP contribution in [0.4, 0.5) is 0 Å². The molecule has 0 atom stereocenters. The number of aromatic nitrogens is 4. The zero-order valence-corrected chi connectivity index (χ0v) is 12.7. The number of halogens is 2. The van der Waals surface area contributed by atoms with E-state index in [1.54, 1.807) is 0 Å². The standard InChI is InChI=1S/C12H6Cl2N4O4/c1-3-15-5(9(13)19)7-12(22)18-4(2)16-6(10(14)20)8(18)11(21)17(3)7/h1-2H3. The highest BCUT2D eigenvalue weighted by Crippen LogP contribution is 2.14. The molecule has 3 aromatic rings. The minimum absolute atomic E-state index is 0.0930. The molecule has 0 spiro atoms. The average Bonchev–Trinajstić information content (AvgIpc) is 2.95. The molecule has 10 heteroatoms. The van der Waals surface area contributed by atoms with E-state index < -0.39 is 21.6 Å². The molecule has 0 aliphatic carbocycles. The third kappa shape index (κ3) is 1.71. The molecule has 0 N–H and O–H groups in total. The van der Waals surface area contributed by atoms with Crippen LogP contribution >= 0.6 is 23.2 Å². The Hall–Kier alpha value is -2.32. The fourth-order valence-corrected chi connectivity index (χ4v) is 2.71. The van der Waals surface area contributed by atoms with E-state index in [1.807, 2.05) is 0 Å². The molecule has 0 aliphatic rings. The van der Waals surface area contributed by atoms with Crippen molar-refractivity contribution in [3.05, 3.63) is 43.7 Å². The number of carbonyl (C=O) groups is 2. The van der Waals surface area contributed by atoms with Gasteiger partial charge in [-0.1, -0.05) is 0 Å². The SMILES string of the molecule is Cc1nc(C(=O)Cl)c2c(=O)n3c(C)nc(C(=O)Cl)c3c(=O)n12. The van der Waals surface area contributed by atoms with Crippen molar-refractivity contribution in [1.29, 1.82) is 0 Å². The fourth-order valence-electron chi connectivity index (χ4n) is 2.44. The van der Waals surface area contributed by atoms with Gasteiger partial charge in [-0.25, -0.2) is 9.97 Å². The Morgan fingerprint density at radius 2 is 1.14 bits per heavy atom. The van der Waals surface area contributed by atoms with E-state index in [9.17, 15) is 19.2 Å². The van der Waals surface area contributed by atoms with E-state index in [-0.39, 0.29) is 34.1 Å². The van der Waals surface area contributed by atoms with Gasteiger partial charge < -0.3 is 0 Å². The van der Waals surface area contributed by atoms with Gasteiger partial charge in [0, 0.05) is 0 Å². The lowest BCUT2D eigenvalue weighted by atomic mass is 10.3. The third-order valence-electron chi connectivity index (χ3n) is 3.27. The number of nitrogens with zero attached hydrogens (tertiary/aromatic N) is 4. The van der Waals surface area contributed by atoms with Gasteiger partial charge >= 0.3 is 0 Å². The van der Waals surface area contributed by atoms with Gasteiger partial charge in [0.1, 0.15) is 22.7 Å². The molecule has 0 aliphatic heterocycles. The van der Waals surface area contributed by atoms with Crippen molar-refractivity contribution in [1.82, 2.24) is 18.8 Å². The summed E-state index contributed by atoms with van der Waals surface area (Å²) in [5.74, 6) is 0.186. The number of fused-ring (bicyclic) bond motifs is 2. The Kier molecular flexibility index (Phi) is 3.05. The zero-order chi connectivity index (χ0) is 16.3. The predicted octanol–water partition coefficient (Wildman–Crippen LogP) is 0.515. The molecule has 0 saturated heterocycles. The van der Waals surface area contributed by atoms with Crippen LogP contribution in [0.3, 0.4) is 0 Å².